The Morgan fingerprint density at radius 3 is 2.35 bits per heavy atom. The Hall–Kier alpha value is -0.640. The summed E-state index contributed by atoms with van der Waals surface area (Å²) in [5, 5.41) is 10.3. The molecule has 1 aromatic carbocycles. The third-order valence-corrected chi connectivity index (χ3v) is 5.18. The van der Waals surface area contributed by atoms with Gasteiger partial charge >= 0.3 is 0 Å². The molecule has 1 nitrogen and oxygen atoms in total. The first-order chi connectivity index (χ1) is 7.99. The van der Waals surface area contributed by atoms with Crippen molar-refractivity contribution < 1.29 is 5.11 Å². The van der Waals surface area contributed by atoms with Crippen LogP contribution in [0.25, 0.3) is 0 Å². The number of halogens is 1. The molecule has 90 valence electrons. The molecular formula is C14H15BrOS. The molecule has 1 atom stereocenters. The number of thiophene rings is 1. The quantitative estimate of drug-likeness (QED) is 0.864. The van der Waals surface area contributed by atoms with Gasteiger partial charge in [-0.2, -0.15) is 0 Å². The van der Waals surface area contributed by atoms with Crippen LogP contribution in [-0.4, -0.2) is 5.11 Å². The predicted octanol–water partition coefficient (Wildman–Crippen LogP) is 4.52. The molecule has 1 aromatic heterocycles. The van der Waals surface area contributed by atoms with Crippen LogP contribution < -0.4 is 0 Å². The lowest BCUT2D eigenvalue weighted by Crippen LogP contribution is -1.98. The topological polar surface area (TPSA) is 20.2 Å². The summed E-state index contributed by atoms with van der Waals surface area (Å²) in [6.45, 7) is 6.20. The van der Waals surface area contributed by atoms with Gasteiger partial charge in [-0.25, -0.2) is 0 Å². The Morgan fingerprint density at radius 2 is 1.82 bits per heavy atom. The number of benzene rings is 1. The van der Waals surface area contributed by atoms with Gasteiger partial charge in [-0.3, -0.25) is 0 Å². The van der Waals surface area contributed by atoms with Gasteiger partial charge in [0.05, 0.1) is 0 Å². The minimum atomic E-state index is -0.524. The lowest BCUT2D eigenvalue weighted by Gasteiger charge is -2.11. The summed E-state index contributed by atoms with van der Waals surface area (Å²) in [7, 11) is 0. The molecular weight excluding hydrogens is 296 g/mol. The lowest BCUT2D eigenvalue weighted by molar-refractivity contribution is 0.224. The average molecular weight is 311 g/mol. The Kier molecular flexibility index (Phi) is 3.71. The highest BCUT2D eigenvalue weighted by Gasteiger charge is 2.14. The molecule has 3 heteroatoms. The molecule has 0 aliphatic carbocycles. The Labute approximate surface area is 114 Å². The van der Waals surface area contributed by atoms with Crippen LogP contribution in [0.5, 0.6) is 0 Å². The molecule has 1 N–H and O–H groups in total. The summed E-state index contributed by atoms with van der Waals surface area (Å²) < 4.78 is 1.07. The molecule has 2 aromatic rings. The van der Waals surface area contributed by atoms with Crippen LogP contribution in [0, 0.1) is 20.8 Å². The molecule has 0 radical (unpaired) electrons. The molecule has 0 bridgehead atoms. The average Bonchev–Trinajstić information content (AvgIpc) is 2.62. The van der Waals surface area contributed by atoms with Gasteiger partial charge in [-0.05, 0) is 59.5 Å². The van der Waals surface area contributed by atoms with E-state index in [0.717, 1.165) is 14.9 Å². The Morgan fingerprint density at radius 1 is 1.12 bits per heavy atom. The van der Waals surface area contributed by atoms with Crippen molar-refractivity contribution in [1.29, 1.82) is 0 Å². The van der Waals surface area contributed by atoms with Gasteiger partial charge in [0.25, 0.3) is 0 Å². The largest absolute Gasteiger partial charge is 0.383 e. The van der Waals surface area contributed by atoms with Crippen LogP contribution in [0.4, 0.5) is 0 Å². The fourth-order valence-corrected chi connectivity index (χ4v) is 3.29. The van der Waals surface area contributed by atoms with Crippen molar-refractivity contribution >= 4 is 27.3 Å². The fraction of sp³-hybridized carbons (Fsp3) is 0.286. The molecule has 0 saturated carbocycles. The summed E-state index contributed by atoms with van der Waals surface area (Å²) in [5.41, 5.74) is 3.43. The molecule has 0 fully saturated rings. The van der Waals surface area contributed by atoms with E-state index < -0.39 is 6.10 Å². The number of rotatable bonds is 2. The van der Waals surface area contributed by atoms with Crippen LogP contribution in [0.3, 0.4) is 0 Å². The van der Waals surface area contributed by atoms with Crippen molar-refractivity contribution in [3.63, 3.8) is 0 Å². The van der Waals surface area contributed by atoms with E-state index in [1.54, 1.807) is 11.3 Å². The van der Waals surface area contributed by atoms with E-state index in [4.69, 9.17) is 0 Å². The van der Waals surface area contributed by atoms with Gasteiger partial charge in [-0.15, -0.1) is 11.3 Å². The SMILES string of the molecule is Cc1ccc(C(O)c2cc(Br)c(C)s2)cc1C. The van der Waals surface area contributed by atoms with Crippen molar-refractivity contribution in [3.05, 3.63) is 55.2 Å². The second-order valence-corrected chi connectivity index (χ2v) is 6.44. The highest BCUT2D eigenvalue weighted by molar-refractivity contribution is 9.10. The summed E-state index contributed by atoms with van der Waals surface area (Å²) in [5.74, 6) is 0. The van der Waals surface area contributed by atoms with Gasteiger partial charge in [0, 0.05) is 14.2 Å². The smallest absolute Gasteiger partial charge is 0.113 e. The normalized spacial score (nSPS) is 12.8. The number of aliphatic hydroxyl groups is 1. The second kappa shape index (κ2) is 4.92. The Balaban J connectivity index is 2.36. The van der Waals surface area contributed by atoms with Crippen molar-refractivity contribution in [2.45, 2.75) is 26.9 Å². The van der Waals surface area contributed by atoms with Gasteiger partial charge in [0.15, 0.2) is 0 Å². The monoisotopic (exact) mass is 310 g/mol. The van der Waals surface area contributed by atoms with E-state index in [2.05, 4.69) is 41.9 Å². The minimum Gasteiger partial charge on any atom is -0.383 e. The lowest BCUT2D eigenvalue weighted by atomic mass is 10.0. The molecule has 1 unspecified atom stereocenters. The standard InChI is InChI=1S/C14H15BrOS/c1-8-4-5-11(6-9(8)2)14(16)13-7-12(15)10(3)17-13/h4-7,14,16H,1-3H3. The van der Waals surface area contributed by atoms with E-state index >= 15 is 0 Å². The first-order valence-electron chi connectivity index (χ1n) is 5.50. The van der Waals surface area contributed by atoms with Crippen molar-refractivity contribution in [2.75, 3.05) is 0 Å². The van der Waals surface area contributed by atoms with Crippen molar-refractivity contribution in [3.8, 4) is 0 Å². The van der Waals surface area contributed by atoms with Crippen LogP contribution in [0.1, 0.15) is 32.5 Å². The summed E-state index contributed by atoms with van der Waals surface area (Å²) in [6.07, 6.45) is -0.524. The highest BCUT2D eigenvalue weighted by atomic mass is 79.9. The Bertz CT molecular complexity index is 526. The summed E-state index contributed by atoms with van der Waals surface area (Å²) in [6, 6.07) is 8.11. The summed E-state index contributed by atoms with van der Waals surface area (Å²) >= 11 is 5.11. The number of hydrogen-bond donors (Lipinski definition) is 1. The molecule has 0 spiro atoms. The second-order valence-electron chi connectivity index (χ2n) is 4.30. The van der Waals surface area contributed by atoms with E-state index in [-0.39, 0.29) is 0 Å². The molecule has 0 amide bonds. The van der Waals surface area contributed by atoms with E-state index in [1.807, 2.05) is 19.1 Å². The van der Waals surface area contributed by atoms with Crippen LogP contribution in [0.15, 0.2) is 28.7 Å². The number of hydrogen-bond acceptors (Lipinski definition) is 2. The number of aryl methyl sites for hydroxylation is 3. The fourth-order valence-electron chi connectivity index (χ4n) is 1.72. The van der Waals surface area contributed by atoms with Gasteiger partial charge in [-0.1, -0.05) is 18.2 Å². The highest BCUT2D eigenvalue weighted by Crippen LogP contribution is 2.34. The molecule has 17 heavy (non-hydrogen) atoms. The maximum Gasteiger partial charge on any atom is 0.113 e. The van der Waals surface area contributed by atoms with Gasteiger partial charge < -0.3 is 5.11 Å². The zero-order valence-electron chi connectivity index (χ0n) is 10.1. The zero-order chi connectivity index (χ0) is 12.6. The van der Waals surface area contributed by atoms with E-state index in [1.165, 1.54) is 16.0 Å². The molecule has 2 rings (SSSR count). The first-order valence-corrected chi connectivity index (χ1v) is 7.11. The van der Waals surface area contributed by atoms with Crippen LogP contribution in [0.2, 0.25) is 0 Å². The minimum absolute atomic E-state index is 0.524. The number of aliphatic hydroxyl groups excluding tert-OH is 1. The third kappa shape index (κ3) is 2.62. The molecule has 0 aliphatic heterocycles. The van der Waals surface area contributed by atoms with E-state index in [9.17, 15) is 5.11 Å². The first kappa shape index (κ1) is 12.8. The van der Waals surface area contributed by atoms with Crippen LogP contribution >= 0.6 is 27.3 Å². The summed E-state index contributed by atoms with van der Waals surface area (Å²) in [4.78, 5) is 2.18. The van der Waals surface area contributed by atoms with Gasteiger partial charge in [0.2, 0.25) is 0 Å². The zero-order valence-corrected chi connectivity index (χ0v) is 12.5. The maximum absolute atomic E-state index is 10.3. The van der Waals surface area contributed by atoms with Gasteiger partial charge in [0.1, 0.15) is 6.10 Å². The maximum atomic E-state index is 10.3. The molecule has 0 saturated heterocycles. The third-order valence-electron chi connectivity index (χ3n) is 2.99. The molecule has 0 aliphatic rings. The van der Waals surface area contributed by atoms with E-state index in [0.29, 0.717) is 0 Å². The molecule has 1 heterocycles. The van der Waals surface area contributed by atoms with Crippen LogP contribution in [-0.2, 0) is 0 Å². The van der Waals surface area contributed by atoms with Crippen molar-refractivity contribution in [1.82, 2.24) is 0 Å². The predicted molar refractivity (Wildman–Crippen MR) is 76.7 cm³/mol. The van der Waals surface area contributed by atoms with Crippen molar-refractivity contribution in [2.24, 2.45) is 0 Å².